The van der Waals surface area contributed by atoms with Gasteiger partial charge in [-0.25, -0.2) is 8.42 Å². The second-order valence-electron chi connectivity index (χ2n) is 9.60. The van der Waals surface area contributed by atoms with Crippen molar-refractivity contribution in [1.82, 2.24) is 9.62 Å². The molecule has 0 spiro atoms. The van der Waals surface area contributed by atoms with E-state index in [1.165, 1.54) is 19.6 Å². The normalized spacial score (nSPS) is 26.5. The summed E-state index contributed by atoms with van der Waals surface area (Å²) in [4.78, 5) is 26.5. The number of ether oxygens (including phenoxy) is 1. The fraction of sp³-hybridized carbons (Fsp3) is 0.636. The summed E-state index contributed by atoms with van der Waals surface area (Å²) in [5.74, 6) is -0.324. The molecule has 3 unspecified atom stereocenters. The topological polar surface area (TPSA) is 105 Å². The number of amides is 1. The highest BCUT2D eigenvalue weighted by atomic mass is 32.2. The summed E-state index contributed by atoms with van der Waals surface area (Å²) in [6.45, 7) is 6.23. The molecule has 0 radical (unpaired) electrons. The van der Waals surface area contributed by atoms with E-state index >= 15 is 0 Å². The van der Waals surface area contributed by atoms with Gasteiger partial charge in [0.15, 0.2) is 0 Å². The number of nitrogens with one attached hydrogen (secondary N) is 2. The van der Waals surface area contributed by atoms with E-state index in [4.69, 9.17) is 0 Å². The van der Waals surface area contributed by atoms with Crippen LogP contribution in [0.4, 0.5) is 5.69 Å². The summed E-state index contributed by atoms with van der Waals surface area (Å²) in [5, 5.41) is 2.83. The lowest BCUT2D eigenvalue weighted by molar-refractivity contribution is -0.139. The minimum atomic E-state index is -4.04. The van der Waals surface area contributed by atoms with Crippen molar-refractivity contribution in [2.24, 2.45) is 16.7 Å². The monoisotopic (exact) mass is 451 g/mol. The third-order valence-corrected chi connectivity index (χ3v) is 8.76. The van der Waals surface area contributed by atoms with Gasteiger partial charge in [0.05, 0.1) is 12.8 Å². The Kier molecular flexibility index (Phi) is 6.14. The van der Waals surface area contributed by atoms with Crippen molar-refractivity contribution in [1.29, 1.82) is 0 Å². The van der Waals surface area contributed by atoms with Crippen LogP contribution >= 0.6 is 0 Å². The minimum Gasteiger partial charge on any atom is -0.468 e. The lowest BCUT2D eigenvalue weighted by Crippen LogP contribution is -2.53. The summed E-state index contributed by atoms with van der Waals surface area (Å²) in [6.07, 6.45) is 3.39. The Bertz CT molecular complexity index is 986. The average Bonchev–Trinajstić information content (AvgIpc) is 3.21. The summed E-state index contributed by atoms with van der Waals surface area (Å²) in [6, 6.07) is 4.65. The first kappa shape index (κ1) is 23.5. The van der Waals surface area contributed by atoms with Crippen LogP contribution in [0.5, 0.6) is 0 Å². The molecule has 1 amide bonds. The summed E-state index contributed by atoms with van der Waals surface area (Å²) < 4.78 is 32.3. The molecule has 0 aliphatic heterocycles. The Hall–Kier alpha value is -2.13. The van der Waals surface area contributed by atoms with Crippen LogP contribution in [0.3, 0.4) is 0 Å². The van der Waals surface area contributed by atoms with E-state index in [-0.39, 0.29) is 27.7 Å². The predicted octanol–water partition coefficient (Wildman–Crippen LogP) is 2.47. The van der Waals surface area contributed by atoms with Crippen LogP contribution in [-0.4, -0.2) is 59.0 Å². The van der Waals surface area contributed by atoms with Crippen LogP contribution in [0.2, 0.25) is 0 Å². The maximum Gasteiger partial charge on any atom is 0.320 e. The zero-order chi connectivity index (χ0) is 23.2. The van der Waals surface area contributed by atoms with Gasteiger partial charge in [0.25, 0.3) is 5.91 Å². The first-order chi connectivity index (χ1) is 14.4. The van der Waals surface area contributed by atoms with Gasteiger partial charge >= 0.3 is 5.97 Å². The molecule has 172 valence electrons. The molecule has 1 aromatic carbocycles. The van der Waals surface area contributed by atoms with Gasteiger partial charge in [-0.05, 0) is 54.2 Å². The second kappa shape index (κ2) is 8.09. The number of fused-ring (bicyclic) bond motifs is 2. The second-order valence-corrected chi connectivity index (χ2v) is 11.3. The highest BCUT2D eigenvalue weighted by molar-refractivity contribution is 7.89. The average molecular weight is 452 g/mol. The molecule has 9 heteroatoms. The lowest BCUT2D eigenvalue weighted by Gasteiger charge is -2.47. The number of rotatable bonds is 7. The molecule has 2 bridgehead atoms. The predicted molar refractivity (Wildman–Crippen MR) is 118 cm³/mol. The third kappa shape index (κ3) is 4.05. The number of methoxy groups -OCH3 is 1. The summed E-state index contributed by atoms with van der Waals surface area (Å²) in [7, 11) is 0.561. The Labute approximate surface area is 184 Å². The summed E-state index contributed by atoms with van der Waals surface area (Å²) in [5.41, 5.74) is 0.700. The number of nitrogens with zero attached hydrogens (tertiary/aromatic N) is 1. The highest BCUT2D eigenvalue weighted by Gasteiger charge is 2.61. The van der Waals surface area contributed by atoms with Crippen molar-refractivity contribution in [2.75, 3.05) is 33.1 Å². The first-order valence-electron chi connectivity index (χ1n) is 10.5. The van der Waals surface area contributed by atoms with Crippen LogP contribution in [0.25, 0.3) is 0 Å². The molecular formula is C22H33N3O5S. The largest absolute Gasteiger partial charge is 0.468 e. The fourth-order valence-electron chi connectivity index (χ4n) is 5.95. The Morgan fingerprint density at radius 1 is 1.26 bits per heavy atom. The zero-order valence-corrected chi connectivity index (χ0v) is 19.9. The van der Waals surface area contributed by atoms with Crippen molar-refractivity contribution < 1.29 is 22.7 Å². The molecule has 2 N–H and O–H groups in total. The van der Waals surface area contributed by atoms with Crippen molar-refractivity contribution in [2.45, 2.75) is 51.0 Å². The van der Waals surface area contributed by atoms with Crippen LogP contribution < -0.4 is 10.0 Å². The number of sulfonamides is 1. The Morgan fingerprint density at radius 2 is 1.94 bits per heavy atom. The molecule has 2 aliphatic carbocycles. The Balaban J connectivity index is 1.92. The van der Waals surface area contributed by atoms with Crippen LogP contribution in [0.1, 0.15) is 50.4 Å². The van der Waals surface area contributed by atoms with E-state index in [2.05, 4.69) is 35.5 Å². The quantitative estimate of drug-likeness (QED) is 0.617. The number of carbonyl (C=O) groups excluding carboxylic acids is 2. The van der Waals surface area contributed by atoms with Crippen molar-refractivity contribution in [3.05, 3.63) is 23.8 Å². The maximum absolute atomic E-state index is 13.4. The standard InChI is InChI=1S/C22H33N3O5S/c1-21(2)15-9-10-22(3,12-15)20(21)25(5)19(27)14-7-8-16(23-4)17(11-14)31(28,29)24-13-18(26)30-6/h7-8,11,15,20,23-24H,9-10,12-13H2,1-6H3. The van der Waals surface area contributed by atoms with Crippen molar-refractivity contribution in [3.8, 4) is 0 Å². The number of carbonyl (C=O) groups is 2. The molecule has 31 heavy (non-hydrogen) atoms. The number of benzene rings is 1. The van der Waals surface area contributed by atoms with Crippen molar-refractivity contribution in [3.63, 3.8) is 0 Å². The van der Waals surface area contributed by atoms with Gasteiger partial charge < -0.3 is 15.0 Å². The number of esters is 1. The third-order valence-electron chi connectivity index (χ3n) is 7.32. The SMILES string of the molecule is CNc1ccc(C(=O)N(C)C2C3(C)CCC(C3)C2(C)C)cc1S(=O)(=O)NCC(=O)OC. The smallest absolute Gasteiger partial charge is 0.320 e. The fourth-order valence-corrected chi connectivity index (χ4v) is 7.16. The van der Waals surface area contributed by atoms with Gasteiger partial charge in [0, 0.05) is 25.7 Å². The summed E-state index contributed by atoms with van der Waals surface area (Å²) >= 11 is 0. The number of anilines is 1. The van der Waals surface area contributed by atoms with Crippen LogP contribution in [0.15, 0.2) is 23.1 Å². The first-order valence-corrected chi connectivity index (χ1v) is 12.0. The molecule has 2 aliphatic rings. The lowest BCUT2D eigenvalue weighted by atomic mass is 9.67. The molecule has 0 heterocycles. The molecular weight excluding hydrogens is 418 g/mol. The van der Waals surface area contributed by atoms with E-state index in [1.54, 1.807) is 24.1 Å². The van der Waals surface area contributed by atoms with Gasteiger partial charge in [-0.15, -0.1) is 0 Å². The molecule has 8 nitrogen and oxygen atoms in total. The van der Waals surface area contributed by atoms with E-state index in [0.717, 1.165) is 12.8 Å². The molecule has 1 aromatic rings. The van der Waals surface area contributed by atoms with E-state index in [1.807, 2.05) is 7.05 Å². The van der Waals surface area contributed by atoms with E-state index < -0.39 is 22.5 Å². The van der Waals surface area contributed by atoms with Gasteiger partial charge in [0.1, 0.15) is 11.4 Å². The number of hydrogen-bond donors (Lipinski definition) is 2. The molecule has 2 saturated carbocycles. The van der Waals surface area contributed by atoms with Gasteiger partial charge in [-0.1, -0.05) is 20.8 Å². The van der Waals surface area contributed by atoms with E-state index in [0.29, 0.717) is 17.2 Å². The van der Waals surface area contributed by atoms with Gasteiger partial charge in [-0.3, -0.25) is 9.59 Å². The molecule has 0 saturated heterocycles. The van der Waals surface area contributed by atoms with Crippen LogP contribution in [-0.2, 0) is 19.6 Å². The van der Waals surface area contributed by atoms with Gasteiger partial charge in [0.2, 0.25) is 10.0 Å². The number of hydrogen-bond acceptors (Lipinski definition) is 6. The zero-order valence-electron chi connectivity index (χ0n) is 19.1. The Morgan fingerprint density at radius 3 is 2.48 bits per heavy atom. The van der Waals surface area contributed by atoms with Gasteiger partial charge in [-0.2, -0.15) is 4.72 Å². The minimum absolute atomic E-state index is 0.000694. The van der Waals surface area contributed by atoms with Crippen molar-refractivity contribution >= 4 is 27.6 Å². The molecule has 3 atom stereocenters. The van der Waals surface area contributed by atoms with Crippen LogP contribution in [0, 0.1) is 16.7 Å². The molecule has 2 fully saturated rings. The maximum atomic E-state index is 13.4. The van der Waals surface area contributed by atoms with E-state index in [9.17, 15) is 18.0 Å². The highest BCUT2D eigenvalue weighted by Crippen LogP contribution is 2.63. The molecule has 0 aromatic heterocycles. The molecule has 3 rings (SSSR count).